The van der Waals surface area contributed by atoms with Gasteiger partial charge in [-0.25, -0.2) is 5.43 Å². The van der Waals surface area contributed by atoms with Crippen LogP contribution in [0.2, 0.25) is 10.0 Å². The van der Waals surface area contributed by atoms with Crippen molar-refractivity contribution in [2.24, 2.45) is 5.92 Å². The molecule has 1 atom stereocenters. The fourth-order valence-electron chi connectivity index (χ4n) is 4.99. The summed E-state index contributed by atoms with van der Waals surface area (Å²) >= 11 is 13.1. The first-order chi connectivity index (χ1) is 16.9. The number of nitrogens with one attached hydrogen (secondary N) is 1. The van der Waals surface area contributed by atoms with Crippen molar-refractivity contribution in [3.05, 3.63) is 62.1 Å². The highest BCUT2D eigenvalue weighted by molar-refractivity contribution is 6.38. The van der Waals surface area contributed by atoms with E-state index in [1.54, 1.807) is 35.9 Å². The second-order valence-corrected chi connectivity index (χ2v) is 10.2. The minimum Gasteiger partial charge on any atom is -0.481 e. The molecule has 1 saturated heterocycles. The smallest absolute Gasteiger partial charge is 0.416 e. The molecule has 0 saturated carbocycles. The standard InChI is InChI=1S/C25H26Cl2F3N3O3/c1-13-9-16(25(28,29)30)11-18-14(2)31-33(23(13)18)12-19-20(26)4-3-17(22(19)27)24(36)32-7-5-15(6-8-32)10-21(34)35/h3-4,9,11,14-15,31H,5-8,10,12H2,1-2H3,(H,34,35). The Morgan fingerprint density at radius 2 is 1.83 bits per heavy atom. The summed E-state index contributed by atoms with van der Waals surface area (Å²) in [6.07, 6.45) is -3.17. The predicted molar refractivity (Wildman–Crippen MR) is 131 cm³/mol. The normalized spacial score (nSPS) is 18.5. The number of fused-ring (bicyclic) bond motifs is 1. The number of aryl methyl sites for hydroxylation is 1. The van der Waals surface area contributed by atoms with E-state index in [2.05, 4.69) is 5.43 Å². The first kappa shape index (κ1) is 26.6. The van der Waals surface area contributed by atoms with E-state index in [1.165, 1.54) is 0 Å². The Balaban J connectivity index is 1.57. The molecule has 1 unspecified atom stereocenters. The highest BCUT2D eigenvalue weighted by Gasteiger charge is 2.36. The zero-order valence-corrected chi connectivity index (χ0v) is 21.3. The summed E-state index contributed by atoms with van der Waals surface area (Å²) in [4.78, 5) is 25.9. The summed E-state index contributed by atoms with van der Waals surface area (Å²) in [7, 11) is 0. The molecule has 11 heteroatoms. The predicted octanol–water partition coefficient (Wildman–Crippen LogP) is 6.23. The maximum absolute atomic E-state index is 13.3. The van der Waals surface area contributed by atoms with E-state index in [0.717, 1.165) is 12.1 Å². The molecule has 1 fully saturated rings. The molecule has 2 aromatic carbocycles. The van der Waals surface area contributed by atoms with Crippen molar-refractivity contribution >= 4 is 40.8 Å². The summed E-state index contributed by atoms with van der Waals surface area (Å²) in [6.45, 7) is 4.41. The number of hydrogen-bond acceptors (Lipinski definition) is 4. The van der Waals surface area contributed by atoms with Gasteiger partial charge in [-0.2, -0.15) is 13.2 Å². The fourth-order valence-corrected chi connectivity index (χ4v) is 5.56. The summed E-state index contributed by atoms with van der Waals surface area (Å²) < 4.78 is 40.0. The number of carbonyl (C=O) groups is 2. The van der Waals surface area contributed by atoms with Crippen molar-refractivity contribution in [2.75, 3.05) is 18.1 Å². The van der Waals surface area contributed by atoms with Crippen LogP contribution in [0, 0.1) is 12.8 Å². The number of rotatable bonds is 5. The Kier molecular flexibility index (Phi) is 7.46. The van der Waals surface area contributed by atoms with Crippen LogP contribution in [-0.2, 0) is 17.5 Å². The Morgan fingerprint density at radius 1 is 1.17 bits per heavy atom. The van der Waals surface area contributed by atoms with Crippen LogP contribution in [0.15, 0.2) is 24.3 Å². The van der Waals surface area contributed by atoms with Gasteiger partial charge < -0.3 is 15.0 Å². The van der Waals surface area contributed by atoms with Crippen LogP contribution in [0.3, 0.4) is 0 Å². The van der Waals surface area contributed by atoms with Gasteiger partial charge in [0.05, 0.1) is 34.4 Å². The quantitative estimate of drug-likeness (QED) is 0.467. The van der Waals surface area contributed by atoms with Gasteiger partial charge in [0.25, 0.3) is 5.91 Å². The summed E-state index contributed by atoms with van der Waals surface area (Å²) in [6, 6.07) is 5.05. The highest BCUT2D eigenvalue weighted by atomic mass is 35.5. The van der Waals surface area contributed by atoms with Crippen molar-refractivity contribution in [2.45, 2.75) is 51.9 Å². The Labute approximate surface area is 216 Å². The van der Waals surface area contributed by atoms with Gasteiger partial charge in [0.2, 0.25) is 0 Å². The van der Waals surface area contributed by atoms with Gasteiger partial charge in [-0.3, -0.25) is 9.59 Å². The van der Waals surface area contributed by atoms with Crippen molar-refractivity contribution in [1.29, 1.82) is 0 Å². The zero-order valence-electron chi connectivity index (χ0n) is 19.8. The number of benzene rings is 2. The van der Waals surface area contributed by atoms with Crippen LogP contribution < -0.4 is 10.4 Å². The number of hydrogen-bond donors (Lipinski definition) is 2. The number of nitrogens with zero attached hydrogens (tertiary/aromatic N) is 2. The molecular formula is C25H26Cl2F3N3O3. The minimum absolute atomic E-state index is 0.0344. The molecule has 4 rings (SSSR count). The number of aliphatic carboxylic acids is 1. The number of hydrazine groups is 1. The second-order valence-electron chi connectivity index (χ2n) is 9.39. The van der Waals surface area contributed by atoms with Crippen molar-refractivity contribution in [1.82, 2.24) is 10.3 Å². The van der Waals surface area contributed by atoms with Crippen LogP contribution in [0.5, 0.6) is 0 Å². The Morgan fingerprint density at radius 3 is 2.44 bits per heavy atom. The lowest BCUT2D eigenvalue weighted by Gasteiger charge is -2.32. The van der Waals surface area contributed by atoms with Crippen molar-refractivity contribution < 1.29 is 27.9 Å². The van der Waals surface area contributed by atoms with Gasteiger partial charge in [-0.1, -0.05) is 23.2 Å². The summed E-state index contributed by atoms with van der Waals surface area (Å²) in [5.74, 6) is -1.07. The van der Waals surface area contributed by atoms with Gasteiger partial charge in [-0.15, -0.1) is 0 Å². The molecule has 2 N–H and O–H groups in total. The third-order valence-electron chi connectivity index (χ3n) is 6.84. The van der Waals surface area contributed by atoms with Crippen molar-refractivity contribution in [3.8, 4) is 0 Å². The molecule has 194 valence electrons. The molecule has 6 nitrogen and oxygen atoms in total. The largest absolute Gasteiger partial charge is 0.481 e. The van der Waals surface area contributed by atoms with E-state index < -0.39 is 17.7 Å². The Bertz CT molecular complexity index is 1200. The average molecular weight is 544 g/mol. The van der Waals surface area contributed by atoms with E-state index in [0.29, 0.717) is 53.3 Å². The molecular weight excluding hydrogens is 518 g/mol. The molecule has 0 bridgehead atoms. The lowest BCUT2D eigenvalue weighted by atomic mass is 9.93. The van der Waals surface area contributed by atoms with Crippen LogP contribution >= 0.6 is 23.2 Å². The van der Waals surface area contributed by atoms with Gasteiger partial charge in [0.15, 0.2) is 0 Å². The third kappa shape index (κ3) is 5.28. The maximum atomic E-state index is 13.3. The molecule has 36 heavy (non-hydrogen) atoms. The number of carboxylic acids is 1. The van der Waals surface area contributed by atoms with E-state index in [9.17, 15) is 22.8 Å². The lowest BCUT2D eigenvalue weighted by molar-refractivity contribution is -0.139. The summed E-state index contributed by atoms with van der Waals surface area (Å²) in [5, 5.41) is 11.2. The molecule has 0 spiro atoms. The van der Waals surface area contributed by atoms with Crippen LogP contribution in [0.1, 0.15) is 64.8 Å². The van der Waals surface area contributed by atoms with Gasteiger partial charge >= 0.3 is 12.1 Å². The average Bonchev–Trinajstić information content (AvgIpc) is 3.11. The molecule has 2 heterocycles. The Hall–Kier alpha value is -2.49. The van der Waals surface area contributed by atoms with E-state index in [-0.39, 0.29) is 41.4 Å². The lowest BCUT2D eigenvalue weighted by Crippen LogP contribution is -2.39. The highest BCUT2D eigenvalue weighted by Crippen LogP contribution is 2.42. The molecule has 2 aliphatic heterocycles. The van der Waals surface area contributed by atoms with E-state index >= 15 is 0 Å². The molecule has 0 radical (unpaired) electrons. The maximum Gasteiger partial charge on any atom is 0.416 e. The number of amides is 1. The number of piperidine rings is 1. The van der Waals surface area contributed by atoms with Gasteiger partial charge in [0, 0.05) is 30.1 Å². The molecule has 1 amide bonds. The van der Waals surface area contributed by atoms with Crippen LogP contribution in [0.25, 0.3) is 0 Å². The number of carbonyl (C=O) groups excluding carboxylic acids is 1. The zero-order chi connectivity index (χ0) is 26.4. The SMILES string of the molecule is Cc1cc(C(F)(F)F)cc2c1N(Cc1c(Cl)ccc(C(=O)N3CCC(CC(=O)O)CC3)c1Cl)NC2C. The topological polar surface area (TPSA) is 72.9 Å². The third-order valence-corrected chi connectivity index (χ3v) is 7.63. The molecule has 2 aromatic rings. The number of alkyl halides is 3. The number of halogens is 5. The van der Waals surface area contributed by atoms with E-state index in [4.69, 9.17) is 28.3 Å². The van der Waals surface area contributed by atoms with E-state index in [1.807, 2.05) is 0 Å². The first-order valence-electron chi connectivity index (χ1n) is 11.6. The molecule has 2 aliphatic rings. The van der Waals surface area contributed by atoms with Crippen LogP contribution in [-0.4, -0.2) is 35.0 Å². The molecule has 0 aliphatic carbocycles. The minimum atomic E-state index is -4.45. The van der Waals surface area contributed by atoms with Crippen molar-refractivity contribution in [3.63, 3.8) is 0 Å². The number of likely N-dealkylation sites (tertiary alicyclic amines) is 1. The van der Waals surface area contributed by atoms with Gasteiger partial charge in [0.1, 0.15) is 0 Å². The second kappa shape index (κ2) is 10.1. The summed E-state index contributed by atoms with van der Waals surface area (Å²) in [5.41, 5.74) is 4.84. The fraction of sp³-hybridized carbons (Fsp3) is 0.440. The number of anilines is 1. The van der Waals surface area contributed by atoms with Gasteiger partial charge in [-0.05, 0) is 68.0 Å². The monoisotopic (exact) mass is 543 g/mol. The first-order valence-corrected chi connectivity index (χ1v) is 12.4. The van der Waals surface area contributed by atoms with Crippen LogP contribution in [0.4, 0.5) is 18.9 Å². The molecule has 0 aromatic heterocycles. The number of carboxylic acid groups (broad SMARTS) is 1.